The van der Waals surface area contributed by atoms with Crippen LogP contribution in [0.25, 0.3) is 0 Å². The van der Waals surface area contributed by atoms with Gasteiger partial charge in [0.25, 0.3) is 0 Å². The maximum absolute atomic E-state index is 12.8. The van der Waals surface area contributed by atoms with E-state index in [4.69, 9.17) is 9.47 Å². The second-order valence-electron chi connectivity index (χ2n) is 13.7. The molecule has 8 nitrogen and oxygen atoms in total. The molecule has 0 amide bonds. The molecule has 2 aliphatic carbocycles. The summed E-state index contributed by atoms with van der Waals surface area (Å²) in [5.74, 6) is 10.5. The van der Waals surface area contributed by atoms with Crippen LogP contribution in [0.15, 0.2) is 60.7 Å². The highest BCUT2D eigenvalue weighted by Crippen LogP contribution is 2.41. The van der Waals surface area contributed by atoms with E-state index in [1.165, 1.54) is 0 Å². The molecule has 0 unspecified atom stereocenters. The SMILES string of the molecule is CCN(CC)CC#CCOC(=O)[C@@](O)(c1ccccc1)C1CCCCC1.CCN(CC)CC#CCOC(=O)[C@](O)(c1ccccc1)C1CCCCC1. The van der Waals surface area contributed by atoms with Gasteiger partial charge in [-0.15, -0.1) is 0 Å². The number of carbonyl (C=O) groups is 2. The smallest absolute Gasteiger partial charge is 0.344 e. The molecule has 2 N–H and O–H groups in total. The minimum Gasteiger partial charge on any atom is -0.450 e. The van der Waals surface area contributed by atoms with Crippen molar-refractivity contribution in [2.45, 2.75) is 103 Å². The van der Waals surface area contributed by atoms with Gasteiger partial charge in [-0.05, 0) is 63.0 Å². The summed E-state index contributed by atoms with van der Waals surface area (Å²) in [6, 6.07) is 18.4. The molecule has 0 aliphatic heterocycles. The first kappa shape index (κ1) is 42.8. The van der Waals surface area contributed by atoms with Crippen LogP contribution >= 0.6 is 0 Å². The molecule has 0 spiro atoms. The molecule has 2 aliphatic rings. The fraction of sp³-hybridized carbons (Fsp3) is 0.591. The van der Waals surface area contributed by atoms with Crippen LogP contribution in [-0.4, -0.2) is 84.4 Å². The van der Waals surface area contributed by atoms with Gasteiger partial charge in [0, 0.05) is 11.8 Å². The lowest BCUT2D eigenvalue weighted by Gasteiger charge is -2.36. The first-order chi connectivity index (χ1) is 25.2. The molecular weight excluding hydrogens is 652 g/mol. The lowest BCUT2D eigenvalue weighted by atomic mass is 9.73. The average molecular weight is 715 g/mol. The second kappa shape index (κ2) is 23.1. The van der Waals surface area contributed by atoms with E-state index in [0.29, 0.717) is 24.2 Å². The molecule has 2 atom stereocenters. The summed E-state index contributed by atoms with van der Waals surface area (Å²) in [5.41, 5.74) is -1.93. The van der Waals surface area contributed by atoms with Crippen LogP contribution < -0.4 is 0 Å². The number of carbonyl (C=O) groups excluding carboxylic acids is 2. The largest absolute Gasteiger partial charge is 0.450 e. The first-order valence-electron chi connectivity index (χ1n) is 19.5. The van der Waals surface area contributed by atoms with Crippen molar-refractivity contribution in [1.29, 1.82) is 0 Å². The maximum Gasteiger partial charge on any atom is 0.344 e. The topological polar surface area (TPSA) is 99.5 Å². The van der Waals surface area contributed by atoms with Crippen LogP contribution in [0, 0.1) is 35.5 Å². The third-order valence-electron chi connectivity index (χ3n) is 10.6. The summed E-state index contributed by atoms with van der Waals surface area (Å²) in [7, 11) is 0. The van der Waals surface area contributed by atoms with Crippen LogP contribution in [0.2, 0.25) is 0 Å². The Kier molecular flexibility index (Phi) is 19.0. The fourth-order valence-corrected chi connectivity index (χ4v) is 7.22. The second-order valence-corrected chi connectivity index (χ2v) is 13.7. The minimum atomic E-state index is -1.58. The average Bonchev–Trinajstić information content (AvgIpc) is 3.21. The molecule has 4 rings (SSSR count). The maximum atomic E-state index is 12.8. The van der Waals surface area contributed by atoms with E-state index < -0.39 is 23.1 Å². The van der Waals surface area contributed by atoms with Crippen molar-refractivity contribution >= 4 is 11.9 Å². The number of hydrogen-bond donors (Lipinski definition) is 2. The normalized spacial score (nSPS) is 17.2. The van der Waals surface area contributed by atoms with Gasteiger partial charge in [-0.1, -0.05) is 151 Å². The standard InChI is InChI=1S/2C22H31NO3/c2*1-3-23(4-2)17-11-12-18-26-21(24)22(25,19-13-7-5-8-14-19)20-15-9-6-10-16-20/h2*5,7-8,13-14,20,25H,3-4,6,9-10,15-18H2,1-2H3/t2*22-/m10/s1. The van der Waals surface area contributed by atoms with Crippen LogP contribution in [0.1, 0.15) is 103 Å². The predicted octanol–water partition coefficient (Wildman–Crippen LogP) is 6.69. The van der Waals surface area contributed by atoms with Crippen molar-refractivity contribution in [3.8, 4) is 23.7 Å². The first-order valence-corrected chi connectivity index (χ1v) is 19.5. The number of nitrogens with zero attached hydrogens (tertiary/aromatic N) is 2. The summed E-state index contributed by atoms with van der Waals surface area (Å²) in [5, 5.41) is 22.7. The van der Waals surface area contributed by atoms with Gasteiger partial charge in [0.15, 0.2) is 24.4 Å². The van der Waals surface area contributed by atoms with Crippen molar-refractivity contribution < 1.29 is 29.3 Å². The highest BCUT2D eigenvalue weighted by Gasteiger charge is 2.48. The number of benzene rings is 2. The molecule has 284 valence electrons. The molecule has 8 heteroatoms. The van der Waals surface area contributed by atoms with E-state index >= 15 is 0 Å². The van der Waals surface area contributed by atoms with E-state index in [2.05, 4.69) is 61.2 Å². The lowest BCUT2D eigenvalue weighted by molar-refractivity contribution is -0.174. The van der Waals surface area contributed by atoms with Crippen LogP contribution in [0.4, 0.5) is 0 Å². The molecule has 2 aromatic rings. The van der Waals surface area contributed by atoms with Gasteiger partial charge in [-0.3, -0.25) is 9.80 Å². The Hall–Kier alpha value is -3.66. The number of ether oxygens (including phenoxy) is 2. The monoisotopic (exact) mass is 714 g/mol. The fourth-order valence-electron chi connectivity index (χ4n) is 7.22. The van der Waals surface area contributed by atoms with Crippen LogP contribution in [0.3, 0.4) is 0 Å². The molecule has 2 aromatic carbocycles. The Balaban J connectivity index is 0.000000280. The third-order valence-corrected chi connectivity index (χ3v) is 10.6. The Labute approximate surface area is 313 Å². The Morgan fingerprint density at radius 1 is 0.577 bits per heavy atom. The van der Waals surface area contributed by atoms with Gasteiger partial charge in [0.2, 0.25) is 0 Å². The Bertz CT molecular complexity index is 1330. The van der Waals surface area contributed by atoms with Gasteiger partial charge < -0.3 is 19.7 Å². The molecule has 52 heavy (non-hydrogen) atoms. The van der Waals surface area contributed by atoms with Crippen molar-refractivity contribution in [2.75, 3.05) is 52.5 Å². The van der Waals surface area contributed by atoms with Crippen molar-refractivity contribution in [1.82, 2.24) is 9.80 Å². The van der Waals surface area contributed by atoms with Crippen molar-refractivity contribution in [2.24, 2.45) is 11.8 Å². The molecule has 2 saturated carbocycles. The van der Waals surface area contributed by atoms with Crippen LogP contribution in [0.5, 0.6) is 0 Å². The Morgan fingerprint density at radius 3 is 1.21 bits per heavy atom. The van der Waals surface area contributed by atoms with E-state index in [0.717, 1.165) is 90.4 Å². The summed E-state index contributed by atoms with van der Waals surface area (Å²) in [6.07, 6.45) is 9.84. The molecule has 0 saturated heterocycles. The number of esters is 2. The third kappa shape index (κ3) is 12.2. The van der Waals surface area contributed by atoms with E-state index in [-0.39, 0.29) is 25.0 Å². The molecule has 0 aromatic heterocycles. The summed E-state index contributed by atoms with van der Waals surface area (Å²) < 4.78 is 10.8. The molecule has 2 fully saturated rings. The van der Waals surface area contributed by atoms with Gasteiger partial charge in [0.05, 0.1) is 13.1 Å². The highest BCUT2D eigenvalue weighted by molar-refractivity contribution is 5.82. The van der Waals surface area contributed by atoms with E-state index in [1.54, 1.807) is 0 Å². The highest BCUT2D eigenvalue weighted by atomic mass is 16.6. The molecular formula is C44H62N2O6. The van der Waals surface area contributed by atoms with Gasteiger partial charge in [0.1, 0.15) is 0 Å². The number of rotatable bonds is 14. The van der Waals surface area contributed by atoms with Gasteiger partial charge >= 0.3 is 11.9 Å². The number of aliphatic hydroxyl groups is 2. The van der Waals surface area contributed by atoms with Crippen molar-refractivity contribution in [3.63, 3.8) is 0 Å². The summed E-state index contributed by atoms with van der Waals surface area (Å²) >= 11 is 0. The lowest BCUT2D eigenvalue weighted by Crippen LogP contribution is -2.45. The zero-order chi connectivity index (χ0) is 37.7. The summed E-state index contributed by atoms with van der Waals surface area (Å²) in [6.45, 7) is 13.5. The predicted molar refractivity (Wildman–Crippen MR) is 207 cm³/mol. The van der Waals surface area contributed by atoms with Crippen molar-refractivity contribution in [3.05, 3.63) is 71.8 Å². The van der Waals surface area contributed by atoms with Gasteiger partial charge in [-0.25, -0.2) is 9.59 Å². The molecule has 0 bridgehead atoms. The number of hydrogen-bond acceptors (Lipinski definition) is 8. The zero-order valence-corrected chi connectivity index (χ0v) is 32.1. The molecule has 0 heterocycles. The minimum absolute atomic E-state index is 0.0158. The van der Waals surface area contributed by atoms with Crippen LogP contribution in [-0.2, 0) is 30.3 Å². The zero-order valence-electron chi connectivity index (χ0n) is 32.1. The quantitative estimate of drug-likeness (QED) is 0.165. The van der Waals surface area contributed by atoms with Gasteiger partial charge in [-0.2, -0.15) is 0 Å². The summed E-state index contributed by atoms with van der Waals surface area (Å²) in [4.78, 5) is 30.0. The molecule has 0 radical (unpaired) electrons. The Morgan fingerprint density at radius 2 is 0.904 bits per heavy atom. The van der Waals surface area contributed by atoms with E-state index in [9.17, 15) is 19.8 Å². The van der Waals surface area contributed by atoms with E-state index in [1.807, 2.05) is 60.7 Å².